The smallest absolute Gasteiger partial charge is 0.191 e. The van der Waals surface area contributed by atoms with Crippen molar-refractivity contribution >= 4 is 5.96 Å². The highest BCUT2D eigenvalue weighted by Crippen LogP contribution is 2.18. The fraction of sp³-hybridized carbons (Fsp3) is 0.350. The second-order valence-corrected chi connectivity index (χ2v) is 5.99. The third-order valence-corrected chi connectivity index (χ3v) is 4.14. The minimum Gasteiger partial charge on any atom is -0.508 e. The van der Waals surface area contributed by atoms with Crippen molar-refractivity contribution in [3.63, 3.8) is 0 Å². The highest BCUT2D eigenvalue weighted by atomic mass is 16.3. The van der Waals surface area contributed by atoms with Crippen LogP contribution in [0, 0.1) is 0 Å². The number of rotatable bonds is 6. The molecule has 0 saturated carbocycles. The fourth-order valence-corrected chi connectivity index (χ4v) is 2.48. The second kappa shape index (κ2) is 8.96. The van der Waals surface area contributed by atoms with Crippen LogP contribution in [-0.4, -0.2) is 23.7 Å². The number of aromatic hydroxyl groups is 1. The Morgan fingerprint density at radius 2 is 1.71 bits per heavy atom. The Labute approximate surface area is 144 Å². The molecule has 0 aliphatic carbocycles. The van der Waals surface area contributed by atoms with Gasteiger partial charge in [0.15, 0.2) is 5.96 Å². The first-order valence-electron chi connectivity index (χ1n) is 8.48. The molecule has 2 aromatic rings. The summed E-state index contributed by atoms with van der Waals surface area (Å²) in [4.78, 5) is 4.64. The predicted molar refractivity (Wildman–Crippen MR) is 100 cm³/mol. The van der Waals surface area contributed by atoms with E-state index in [1.165, 1.54) is 5.56 Å². The minimum atomic E-state index is 0.255. The predicted octanol–water partition coefficient (Wildman–Crippen LogP) is 3.64. The lowest BCUT2D eigenvalue weighted by atomic mass is 9.94. The van der Waals surface area contributed by atoms with Gasteiger partial charge >= 0.3 is 0 Å². The number of phenols is 1. The van der Waals surface area contributed by atoms with Gasteiger partial charge in [-0.25, -0.2) is 4.99 Å². The van der Waals surface area contributed by atoms with E-state index in [0.717, 1.165) is 18.1 Å². The van der Waals surface area contributed by atoms with Crippen molar-refractivity contribution in [3.05, 3.63) is 65.7 Å². The number of benzene rings is 2. The van der Waals surface area contributed by atoms with Gasteiger partial charge < -0.3 is 15.7 Å². The number of nitrogens with zero attached hydrogens (tertiary/aromatic N) is 1. The normalized spacial score (nSPS) is 14.0. The first kappa shape index (κ1) is 17.9. The van der Waals surface area contributed by atoms with E-state index in [2.05, 4.69) is 60.7 Å². The highest BCUT2D eigenvalue weighted by Gasteiger charge is 2.15. The summed E-state index contributed by atoms with van der Waals surface area (Å²) in [6.07, 6.45) is 0. The molecule has 128 valence electrons. The second-order valence-electron chi connectivity index (χ2n) is 5.99. The van der Waals surface area contributed by atoms with Crippen molar-refractivity contribution in [1.82, 2.24) is 10.6 Å². The first-order valence-corrected chi connectivity index (χ1v) is 8.48. The number of guanidine groups is 1. The summed E-state index contributed by atoms with van der Waals surface area (Å²) in [6.45, 7) is 7.83. The molecule has 24 heavy (non-hydrogen) atoms. The maximum Gasteiger partial charge on any atom is 0.191 e. The minimum absolute atomic E-state index is 0.255. The van der Waals surface area contributed by atoms with E-state index in [9.17, 15) is 5.11 Å². The molecular weight excluding hydrogens is 298 g/mol. The zero-order valence-corrected chi connectivity index (χ0v) is 14.7. The van der Waals surface area contributed by atoms with Gasteiger partial charge in [-0.3, -0.25) is 0 Å². The van der Waals surface area contributed by atoms with Crippen molar-refractivity contribution < 1.29 is 5.11 Å². The Hall–Kier alpha value is -2.49. The van der Waals surface area contributed by atoms with Crippen LogP contribution < -0.4 is 10.6 Å². The average Bonchev–Trinajstić information content (AvgIpc) is 2.61. The summed E-state index contributed by atoms with van der Waals surface area (Å²) >= 11 is 0. The molecule has 4 heteroatoms. The fourth-order valence-electron chi connectivity index (χ4n) is 2.48. The quantitative estimate of drug-likeness (QED) is 0.561. The van der Waals surface area contributed by atoms with E-state index in [4.69, 9.17) is 0 Å². The molecule has 0 aliphatic rings. The van der Waals surface area contributed by atoms with Crippen molar-refractivity contribution in [2.24, 2.45) is 4.99 Å². The van der Waals surface area contributed by atoms with Crippen LogP contribution in [0.25, 0.3) is 0 Å². The Kier molecular flexibility index (Phi) is 6.67. The topological polar surface area (TPSA) is 56.7 Å². The molecule has 2 unspecified atom stereocenters. The van der Waals surface area contributed by atoms with Crippen LogP contribution in [0.3, 0.4) is 0 Å². The third-order valence-electron chi connectivity index (χ3n) is 4.14. The molecule has 4 nitrogen and oxygen atoms in total. The summed E-state index contributed by atoms with van der Waals surface area (Å²) in [7, 11) is 0. The molecular formula is C20H27N3O. The van der Waals surface area contributed by atoms with E-state index >= 15 is 0 Å². The van der Waals surface area contributed by atoms with Crippen LogP contribution >= 0.6 is 0 Å². The van der Waals surface area contributed by atoms with E-state index in [1.807, 2.05) is 18.2 Å². The molecule has 0 aliphatic heterocycles. The largest absolute Gasteiger partial charge is 0.508 e. The van der Waals surface area contributed by atoms with Gasteiger partial charge in [0.1, 0.15) is 5.75 Å². The summed E-state index contributed by atoms with van der Waals surface area (Å²) in [6, 6.07) is 17.9. The maximum absolute atomic E-state index is 9.35. The lowest BCUT2D eigenvalue weighted by Crippen LogP contribution is -2.44. The molecule has 0 aromatic heterocycles. The van der Waals surface area contributed by atoms with Gasteiger partial charge in [0.2, 0.25) is 0 Å². The van der Waals surface area contributed by atoms with Gasteiger partial charge in [-0.15, -0.1) is 0 Å². The molecule has 0 saturated heterocycles. The van der Waals surface area contributed by atoms with Gasteiger partial charge in [0.25, 0.3) is 0 Å². The summed E-state index contributed by atoms with van der Waals surface area (Å²) in [5, 5.41) is 16.1. The third kappa shape index (κ3) is 5.30. The van der Waals surface area contributed by atoms with Gasteiger partial charge in [0.05, 0.1) is 6.54 Å². The number of aliphatic imine (C=N–C) groups is 1. The Morgan fingerprint density at radius 3 is 2.33 bits per heavy atom. The van der Waals surface area contributed by atoms with Crippen molar-refractivity contribution in [2.75, 3.05) is 6.54 Å². The van der Waals surface area contributed by atoms with Crippen molar-refractivity contribution in [1.29, 1.82) is 0 Å². The molecule has 2 rings (SSSR count). The van der Waals surface area contributed by atoms with Crippen molar-refractivity contribution in [3.8, 4) is 5.75 Å². The Bertz CT molecular complexity index is 638. The van der Waals surface area contributed by atoms with Crippen molar-refractivity contribution in [2.45, 2.75) is 39.3 Å². The molecule has 0 radical (unpaired) electrons. The molecule has 3 N–H and O–H groups in total. The number of hydrogen-bond donors (Lipinski definition) is 3. The van der Waals surface area contributed by atoms with Crippen LogP contribution in [0.1, 0.15) is 37.8 Å². The zero-order chi connectivity index (χ0) is 17.4. The molecule has 2 aromatic carbocycles. The van der Waals surface area contributed by atoms with Crippen LogP contribution in [-0.2, 0) is 6.54 Å². The molecule has 0 fully saturated rings. The van der Waals surface area contributed by atoms with Crippen LogP contribution in [0.5, 0.6) is 5.75 Å². The zero-order valence-electron chi connectivity index (χ0n) is 14.7. The van der Waals surface area contributed by atoms with E-state index < -0.39 is 0 Å². The number of hydrogen-bond acceptors (Lipinski definition) is 2. The average molecular weight is 325 g/mol. The van der Waals surface area contributed by atoms with Gasteiger partial charge in [-0.1, -0.05) is 49.4 Å². The monoisotopic (exact) mass is 325 g/mol. The lowest BCUT2D eigenvalue weighted by Gasteiger charge is -2.24. The number of phenolic OH excluding ortho intramolecular Hbond substituents is 1. The summed E-state index contributed by atoms with van der Waals surface area (Å²) in [5.74, 6) is 1.46. The van der Waals surface area contributed by atoms with Gasteiger partial charge in [0, 0.05) is 18.5 Å². The molecule has 0 bridgehead atoms. The lowest BCUT2D eigenvalue weighted by molar-refractivity contribution is 0.475. The highest BCUT2D eigenvalue weighted by molar-refractivity contribution is 5.80. The first-order chi connectivity index (χ1) is 11.6. The van der Waals surface area contributed by atoms with E-state index in [1.54, 1.807) is 12.1 Å². The Morgan fingerprint density at radius 1 is 1.04 bits per heavy atom. The van der Waals surface area contributed by atoms with Gasteiger partial charge in [-0.2, -0.15) is 0 Å². The van der Waals surface area contributed by atoms with E-state index in [0.29, 0.717) is 12.5 Å². The summed E-state index contributed by atoms with van der Waals surface area (Å²) in [5.41, 5.74) is 2.38. The van der Waals surface area contributed by atoms with Crippen LogP contribution in [0.15, 0.2) is 59.6 Å². The molecule has 2 atom stereocenters. The summed E-state index contributed by atoms with van der Waals surface area (Å²) < 4.78 is 0. The molecule has 0 amide bonds. The molecule has 0 heterocycles. The number of nitrogens with one attached hydrogen (secondary N) is 2. The van der Waals surface area contributed by atoms with E-state index in [-0.39, 0.29) is 11.8 Å². The standard InChI is InChI=1S/C20H27N3O/c1-4-21-20(22-14-17-10-12-19(24)13-11-17)23-16(3)15(2)18-8-6-5-7-9-18/h5-13,15-16,24H,4,14H2,1-3H3,(H2,21,22,23). The maximum atomic E-state index is 9.35. The SMILES string of the molecule is CCNC(=NCc1ccc(O)cc1)NC(C)C(C)c1ccccc1. The van der Waals surface area contributed by atoms with Crippen LogP contribution in [0.4, 0.5) is 0 Å². The molecule has 0 spiro atoms. The van der Waals surface area contributed by atoms with Crippen LogP contribution in [0.2, 0.25) is 0 Å². The van der Waals surface area contributed by atoms with Gasteiger partial charge in [-0.05, 0) is 37.1 Å². The Balaban J connectivity index is 2.01.